The summed E-state index contributed by atoms with van der Waals surface area (Å²) >= 11 is 5.89. The molecule has 128 valence electrons. The van der Waals surface area contributed by atoms with E-state index in [2.05, 4.69) is 26.1 Å². The zero-order chi connectivity index (χ0) is 17.3. The Hall–Kier alpha value is -1.27. The monoisotopic (exact) mass is 358 g/mol. The molecule has 0 saturated heterocycles. The van der Waals surface area contributed by atoms with Gasteiger partial charge in [-0.1, -0.05) is 44.5 Å². The number of amides is 2. The van der Waals surface area contributed by atoms with Crippen molar-refractivity contribution in [2.75, 3.05) is 0 Å². The second-order valence-corrected chi connectivity index (χ2v) is 9.18. The van der Waals surface area contributed by atoms with E-state index in [-0.39, 0.29) is 21.4 Å². The van der Waals surface area contributed by atoms with Gasteiger partial charge in [-0.15, -0.1) is 0 Å². The molecule has 0 radical (unpaired) electrons. The number of carbonyl (C=O) groups excluding carboxylic acids is 1. The first-order valence-electron chi connectivity index (χ1n) is 7.67. The van der Waals surface area contributed by atoms with Crippen LogP contribution >= 0.6 is 11.6 Å². The molecule has 7 heteroatoms. The van der Waals surface area contributed by atoms with Crippen LogP contribution in [0.2, 0.25) is 5.02 Å². The third-order valence-electron chi connectivity index (χ3n) is 4.08. The van der Waals surface area contributed by atoms with Gasteiger partial charge in [0.2, 0.25) is 0 Å². The van der Waals surface area contributed by atoms with Crippen LogP contribution in [0.3, 0.4) is 0 Å². The first-order chi connectivity index (χ1) is 10.6. The quantitative estimate of drug-likeness (QED) is 0.867. The summed E-state index contributed by atoms with van der Waals surface area (Å²) in [7, 11) is -3.98. The molecule has 1 aliphatic rings. The molecule has 2 amide bonds. The molecule has 1 unspecified atom stereocenters. The Labute approximate surface area is 142 Å². The van der Waals surface area contributed by atoms with Crippen molar-refractivity contribution < 1.29 is 13.2 Å². The average Bonchev–Trinajstić information content (AvgIpc) is 2.35. The number of hydrogen-bond donors (Lipinski definition) is 2. The highest BCUT2D eigenvalue weighted by Crippen LogP contribution is 2.38. The second-order valence-electron chi connectivity index (χ2n) is 7.12. The van der Waals surface area contributed by atoms with Gasteiger partial charge in [0.15, 0.2) is 0 Å². The second kappa shape index (κ2) is 6.69. The van der Waals surface area contributed by atoms with E-state index in [9.17, 15) is 13.2 Å². The normalized spacial score (nSPS) is 24.0. The maximum absolute atomic E-state index is 12.2. The summed E-state index contributed by atoms with van der Waals surface area (Å²) in [6.07, 6.45) is 2.78. The van der Waals surface area contributed by atoms with Crippen LogP contribution in [0.15, 0.2) is 29.2 Å². The van der Waals surface area contributed by atoms with Crippen LogP contribution in [-0.2, 0) is 10.0 Å². The van der Waals surface area contributed by atoms with Gasteiger partial charge in [-0.2, -0.15) is 0 Å². The molecule has 0 heterocycles. The molecule has 0 bridgehead atoms. The number of urea groups is 1. The van der Waals surface area contributed by atoms with Crippen molar-refractivity contribution in [1.82, 2.24) is 10.0 Å². The molecule has 2 rings (SSSR count). The third kappa shape index (κ3) is 4.85. The van der Waals surface area contributed by atoms with Crippen molar-refractivity contribution >= 4 is 27.7 Å². The molecule has 23 heavy (non-hydrogen) atoms. The molecule has 5 nitrogen and oxygen atoms in total. The summed E-state index contributed by atoms with van der Waals surface area (Å²) in [4.78, 5) is 12.0. The fourth-order valence-electron chi connectivity index (χ4n) is 3.51. The maximum Gasteiger partial charge on any atom is 0.328 e. The van der Waals surface area contributed by atoms with Gasteiger partial charge in [0, 0.05) is 6.04 Å². The molecule has 1 aliphatic carbocycles. The summed E-state index contributed by atoms with van der Waals surface area (Å²) in [5.41, 5.74) is 0.136. The number of nitrogens with one attached hydrogen (secondary N) is 2. The van der Waals surface area contributed by atoms with Crippen molar-refractivity contribution in [2.45, 2.75) is 51.0 Å². The van der Waals surface area contributed by atoms with Gasteiger partial charge in [0.05, 0.1) is 5.02 Å². The highest BCUT2D eigenvalue weighted by atomic mass is 35.5. The van der Waals surface area contributed by atoms with Crippen molar-refractivity contribution in [2.24, 2.45) is 11.3 Å². The molecule has 2 atom stereocenters. The van der Waals surface area contributed by atoms with E-state index < -0.39 is 16.1 Å². The van der Waals surface area contributed by atoms with Gasteiger partial charge in [-0.3, -0.25) is 0 Å². The maximum atomic E-state index is 12.2. The number of hydrogen-bond acceptors (Lipinski definition) is 3. The Morgan fingerprint density at radius 2 is 1.91 bits per heavy atom. The molecular formula is C16H23ClN2O3S. The zero-order valence-electron chi connectivity index (χ0n) is 13.6. The van der Waals surface area contributed by atoms with Gasteiger partial charge in [0.1, 0.15) is 4.90 Å². The van der Waals surface area contributed by atoms with E-state index >= 15 is 0 Å². The Morgan fingerprint density at radius 3 is 2.52 bits per heavy atom. The van der Waals surface area contributed by atoms with E-state index in [0.29, 0.717) is 5.92 Å². The zero-order valence-corrected chi connectivity index (χ0v) is 15.2. The lowest BCUT2D eigenvalue weighted by Crippen LogP contribution is -2.48. The van der Waals surface area contributed by atoms with E-state index in [1.165, 1.54) is 12.1 Å². The predicted molar refractivity (Wildman–Crippen MR) is 90.9 cm³/mol. The summed E-state index contributed by atoms with van der Waals surface area (Å²) in [5, 5.41) is 2.86. The van der Waals surface area contributed by atoms with Gasteiger partial charge < -0.3 is 5.32 Å². The van der Waals surface area contributed by atoms with Crippen molar-refractivity contribution in [3.8, 4) is 0 Å². The fourth-order valence-corrected chi connectivity index (χ4v) is 4.95. The van der Waals surface area contributed by atoms with Crippen LogP contribution < -0.4 is 10.0 Å². The first-order valence-corrected chi connectivity index (χ1v) is 9.53. The van der Waals surface area contributed by atoms with E-state index in [1.807, 2.05) is 4.72 Å². The molecule has 0 spiro atoms. The minimum Gasteiger partial charge on any atom is -0.335 e. The van der Waals surface area contributed by atoms with Crippen LogP contribution in [0, 0.1) is 11.3 Å². The first kappa shape index (κ1) is 18.1. The van der Waals surface area contributed by atoms with Gasteiger partial charge in [-0.05, 0) is 42.7 Å². The lowest BCUT2D eigenvalue weighted by Gasteiger charge is -2.39. The summed E-state index contributed by atoms with van der Waals surface area (Å²) in [5.74, 6) is 0.490. The Kier molecular flexibility index (Phi) is 5.26. The van der Waals surface area contributed by atoms with Gasteiger partial charge in [-0.25, -0.2) is 17.9 Å². The highest BCUT2D eigenvalue weighted by molar-refractivity contribution is 7.90. The topological polar surface area (TPSA) is 75.3 Å². The molecule has 1 saturated carbocycles. The van der Waals surface area contributed by atoms with Crippen LogP contribution in [-0.4, -0.2) is 20.5 Å². The smallest absolute Gasteiger partial charge is 0.328 e. The lowest BCUT2D eigenvalue weighted by molar-refractivity contribution is 0.153. The minimum absolute atomic E-state index is 0.0322. The molecule has 1 fully saturated rings. The van der Waals surface area contributed by atoms with E-state index in [1.54, 1.807) is 12.1 Å². The summed E-state index contributed by atoms with van der Waals surface area (Å²) < 4.78 is 26.5. The highest BCUT2D eigenvalue weighted by Gasteiger charge is 2.33. The molecule has 0 aliphatic heterocycles. The van der Waals surface area contributed by atoms with Gasteiger partial charge in [0.25, 0.3) is 10.0 Å². The number of carbonyl (C=O) groups is 1. The van der Waals surface area contributed by atoms with Crippen LogP contribution in [0.1, 0.15) is 40.0 Å². The molecule has 0 aromatic heterocycles. The molecule has 1 aromatic carbocycles. The summed E-state index contributed by atoms with van der Waals surface area (Å²) in [6.45, 7) is 6.47. The van der Waals surface area contributed by atoms with Crippen molar-refractivity contribution in [1.29, 1.82) is 0 Å². The molecule has 2 N–H and O–H groups in total. The third-order valence-corrected chi connectivity index (χ3v) is 5.91. The van der Waals surface area contributed by atoms with Crippen molar-refractivity contribution in [3.05, 3.63) is 29.3 Å². The van der Waals surface area contributed by atoms with E-state index in [4.69, 9.17) is 11.6 Å². The standard InChI is InChI=1S/C16H23ClN2O3S/c1-11-8-12(10-16(2,3)9-11)18-15(20)19-23(21,22)14-7-5-4-6-13(14)17/h4-7,11-12H,8-10H2,1-3H3,(H2,18,19,20)/t11-,12?/m1/s1. The largest absolute Gasteiger partial charge is 0.335 e. The van der Waals surface area contributed by atoms with Crippen LogP contribution in [0.25, 0.3) is 0 Å². The summed E-state index contributed by atoms with van der Waals surface area (Å²) in [6, 6.07) is 5.29. The predicted octanol–water partition coefficient (Wildman–Crippen LogP) is 3.54. The Morgan fingerprint density at radius 1 is 1.26 bits per heavy atom. The lowest BCUT2D eigenvalue weighted by atomic mass is 9.71. The minimum atomic E-state index is -3.98. The number of sulfonamides is 1. The SMILES string of the molecule is C[C@@H]1CC(NC(=O)NS(=O)(=O)c2ccccc2Cl)CC(C)(C)C1. The van der Waals surface area contributed by atoms with Crippen molar-refractivity contribution in [3.63, 3.8) is 0 Å². The van der Waals surface area contributed by atoms with Crippen LogP contribution in [0.5, 0.6) is 0 Å². The molecule has 1 aromatic rings. The number of halogens is 1. The number of benzene rings is 1. The average molecular weight is 359 g/mol. The van der Waals surface area contributed by atoms with E-state index in [0.717, 1.165) is 19.3 Å². The van der Waals surface area contributed by atoms with Crippen LogP contribution in [0.4, 0.5) is 4.79 Å². The molecular weight excluding hydrogens is 336 g/mol. The number of rotatable bonds is 3. The van der Waals surface area contributed by atoms with Gasteiger partial charge >= 0.3 is 6.03 Å². The Balaban J connectivity index is 2.03. The Bertz CT molecular complexity index is 688. The fraction of sp³-hybridized carbons (Fsp3) is 0.562.